The maximum Gasteiger partial charge on any atom is 0.273 e. The Morgan fingerprint density at radius 2 is 2.04 bits per heavy atom. The molecule has 1 unspecified atom stereocenters. The van der Waals surface area contributed by atoms with Crippen LogP contribution in [0.2, 0.25) is 0 Å². The van der Waals surface area contributed by atoms with E-state index in [0.29, 0.717) is 17.8 Å². The number of carbonyl (C=O) groups excluding carboxylic acids is 1. The molecule has 1 N–H and O–H groups in total. The van der Waals surface area contributed by atoms with Crippen LogP contribution in [0.15, 0.2) is 42.6 Å². The molecule has 1 atom stereocenters. The van der Waals surface area contributed by atoms with Gasteiger partial charge in [0.05, 0.1) is 6.20 Å². The highest BCUT2D eigenvalue weighted by Crippen LogP contribution is 2.21. The zero-order valence-corrected chi connectivity index (χ0v) is 16.3. The molecule has 6 heteroatoms. The number of rotatable bonds is 8. The van der Waals surface area contributed by atoms with Crippen LogP contribution in [0.1, 0.15) is 54.6 Å². The van der Waals surface area contributed by atoms with Crippen molar-refractivity contribution in [2.45, 2.75) is 57.2 Å². The zero-order chi connectivity index (χ0) is 19.2. The summed E-state index contributed by atoms with van der Waals surface area (Å²) in [4.78, 5) is 14.6. The third-order valence-corrected chi connectivity index (χ3v) is 5.57. The molecule has 6 nitrogen and oxygen atoms in total. The average molecular weight is 380 g/mol. The van der Waals surface area contributed by atoms with Crippen molar-refractivity contribution in [3.8, 4) is 0 Å². The predicted molar refractivity (Wildman–Crippen MR) is 110 cm³/mol. The molecule has 1 amide bonds. The quantitative estimate of drug-likeness (QED) is 0.765. The molecule has 1 aliphatic carbocycles. The summed E-state index contributed by atoms with van der Waals surface area (Å²) in [5.41, 5.74) is 1.67. The number of nitrogens with one attached hydrogen (secondary N) is 1. The van der Waals surface area contributed by atoms with Crippen LogP contribution in [0.4, 0.5) is 0 Å². The molecule has 2 aliphatic rings. The molecule has 1 saturated carbocycles. The summed E-state index contributed by atoms with van der Waals surface area (Å²) in [6.07, 6.45) is 13.2. The monoisotopic (exact) mass is 379 g/mol. The summed E-state index contributed by atoms with van der Waals surface area (Å²) in [7, 11) is 0. The Kier molecular flexibility index (Phi) is 6.17. The van der Waals surface area contributed by atoms with Gasteiger partial charge in [0, 0.05) is 25.2 Å². The third-order valence-electron chi connectivity index (χ3n) is 5.57. The van der Waals surface area contributed by atoms with Crippen molar-refractivity contribution >= 4 is 12.0 Å². The number of aryl methyl sites for hydroxylation is 1. The van der Waals surface area contributed by atoms with E-state index < -0.39 is 0 Å². The van der Waals surface area contributed by atoms with Crippen LogP contribution in [-0.2, 0) is 6.54 Å². The second-order valence-electron chi connectivity index (χ2n) is 7.86. The Morgan fingerprint density at radius 1 is 1.18 bits per heavy atom. The zero-order valence-electron chi connectivity index (χ0n) is 16.3. The molecule has 0 bridgehead atoms. The number of hydrogen-bond donors (Lipinski definition) is 1. The number of hydrogen-bond acceptors (Lipinski definition) is 4. The SMILES string of the molecule is O=C(NC1CC1)c1cn(CCC2CCCCN2CC=Cc2ccccc2)nn1. The molecular formula is C22H29N5O. The predicted octanol–water partition coefficient (Wildman–Crippen LogP) is 3.13. The molecule has 1 aromatic carbocycles. The summed E-state index contributed by atoms with van der Waals surface area (Å²) < 4.78 is 1.81. The van der Waals surface area contributed by atoms with E-state index in [1.165, 1.54) is 24.8 Å². The molecule has 148 valence electrons. The van der Waals surface area contributed by atoms with E-state index in [4.69, 9.17) is 0 Å². The Bertz CT molecular complexity index is 796. The molecule has 0 radical (unpaired) electrons. The minimum atomic E-state index is -0.0981. The molecule has 2 fully saturated rings. The molecule has 2 heterocycles. The lowest BCUT2D eigenvalue weighted by Gasteiger charge is -2.35. The second-order valence-corrected chi connectivity index (χ2v) is 7.86. The summed E-state index contributed by atoms with van der Waals surface area (Å²) in [5.74, 6) is -0.0981. The van der Waals surface area contributed by atoms with Crippen LogP contribution in [0, 0.1) is 0 Å². The third kappa shape index (κ3) is 5.29. The van der Waals surface area contributed by atoms with Gasteiger partial charge in [0.15, 0.2) is 5.69 Å². The summed E-state index contributed by atoms with van der Waals surface area (Å²) >= 11 is 0. The standard InChI is InChI=1S/C22H29N5O/c28-22(23-19-11-12-19)21-17-27(25-24-21)16-13-20-10-4-5-14-26(20)15-6-9-18-7-2-1-3-8-18/h1-3,6-9,17,19-20H,4-5,10-16H2,(H,23,28). The molecule has 1 saturated heterocycles. The highest BCUT2D eigenvalue weighted by molar-refractivity contribution is 5.92. The van der Waals surface area contributed by atoms with E-state index in [0.717, 1.165) is 38.9 Å². The average Bonchev–Trinajstić information content (AvgIpc) is 3.41. The van der Waals surface area contributed by atoms with Crippen LogP contribution >= 0.6 is 0 Å². The van der Waals surface area contributed by atoms with Crippen LogP contribution in [-0.4, -0.2) is 51.0 Å². The lowest BCUT2D eigenvalue weighted by molar-refractivity contribution is 0.0946. The molecule has 4 rings (SSSR count). The van der Waals surface area contributed by atoms with Crippen LogP contribution in [0.5, 0.6) is 0 Å². The highest BCUT2D eigenvalue weighted by Gasteiger charge is 2.25. The van der Waals surface area contributed by atoms with E-state index in [-0.39, 0.29) is 5.91 Å². The van der Waals surface area contributed by atoms with E-state index in [1.807, 2.05) is 10.7 Å². The van der Waals surface area contributed by atoms with Gasteiger partial charge >= 0.3 is 0 Å². The van der Waals surface area contributed by atoms with Gasteiger partial charge in [0.1, 0.15) is 0 Å². The minimum absolute atomic E-state index is 0.0981. The lowest BCUT2D eigenvalue weighted by atomic mass is 9.99. The topological polar surface area (TPSA) is 63.1 Å². The Labute approximate surface area is 166 Å². The second kappa shape index (κ2) is 9.15. The van der Waals surface area contributed by atoms with E-state index in [2.05, 4.69) is 56.9 Å². The fourth-order valence-electron chi connectivity index (χ4n) is 3.80. The number of amides is 1. The Balaban J connectivity index is 1.28. The summed E-state index contributed by atoms with van der Waals surface area (Å²) in [6, 6.07) is 11.3. The number of benzene rings is 1. The van der Waals surface area contributed by atoms with Gasteiger partial charge in [-0.25, -0.2) is 0 Å². The van der Waals surface area contributed by atoms with Gasteiger partial charge in [-0.3, -0.25) is 14.4 Å². The first-order chi connectivity index (χ1) is 13.8. The summed E-state index contributed by atoms with van der Waals surface area (Å²) in [5, 5.41) is 11.2. The van der Waals surface area contributed by atoms with Gasteiger partial charge < -0.3 is 5.32 Å². The fourth-order valence-corrected chi connectivity index (χ4v) is 3.80. The Morgan fingerprint density at radius 3 is 2.86 bits per heavy atom. The maximum absolute atomic E-state index is 12.1. The van der Waals surface area contributed by atoms with Gasteiger partial charge in [-0.15, -0.1) is 5.10 Å². The van der Waals surface area contributed by atoms with Gasteiger partial charge in [0.2, 0.25) is 0 Å². The van der Waals surface area contributed by atoms with E-state index in [9.17, 15) is 4.79 Å². The van der Waals surface area contributed by atoms with Crippen molar-refractivity contribution in [2.75, 3.05) is 13.1 Å². The number of likely N-dealkylation sites (tertiary alicyclic amines) is 1. The first-order valence-corrected chi connectivity index (χ1v) is 10.4. The first-order valence-electron chi connectivity index (χ1n) is 10.4. The van der Waals surface area contributed by atoms with Gasteiger partial charge in [0.25, 0.3) is 5.91 Å². The molecular weight excluding hydrogens is 350 g/mol. The van der Waals surface area contributed by atoms with E-state index >= 15 is 0 Å². The Hall–Kier alpha value is -2.47. The molecule has 1 aromatic heterocycles. The summed E-state index contributed by atoms with van der Waals surface area (Å²) in [6.45, 7) is 2.93. The largest absolute Gasteiger partial charge is 0.348 e. The number of aromatic nitrogens is 3. The first kappa shape index (κ1) is 18.9. The minimum Gasteiger partial charge on any atom is -0.348 e. The molecule has 1 aliphatic heterocycles. The van der Waals surface area contributed by atoms with Crippen molar-refractivity contribution in [2.24, 2.45) is 0 Å². The highest BCUT2D eigenvalue weighted by atomic mass is 16.2. The van der Waals surface area contributed by atoms with Crippen LogP contribution in [0.25, 0.3) is 6.08 Å². The normalized spacial score (nSPS) is 20.5. The van der Waals surface area contributed by atoms with Gasteiger partial charge in [-0.2, -0.15) is 0 Å². The van der Waals surface area contributed by atoms with Crippen LogP contribution < -0.4 is 5.32 Å². The van der Waals surface area contributed by atoms with Crippen molar-refractivity contribution in [3.05, 3.63) is 53.9 Å². The molecule has 28 heavy (non-hydrogen) atoms. The van der Waals surface area contributed by atoms with Gasteiger partial charge in [-0.1, -0.05) is 54.1 Å². The molecule has 2 aromatic rings. The van der Waals surface area contributed by atoms with Crippen molar-refractivity contribution < 1.29 is 4.79 Å². The van der Waals surface area contributed by atoms with Crippen molar-refractivity contribution in [1.82, 2.24) is 25.2 Å². The van der Waals surface area contributed by atoms with E-state index in [1.54, 1.807) is 6.20 Å². The van der Waals surface area contributed by atoms with Crippen molar-refractivity contribution in [3.63, 3.8) is 0 Å². The van der Waals surface area contributed by atoms with Gasteiger partial charge in [-0.05, 0) is 44.2 Å². The van der Waals surface area contributed by atoms with Crippen molar-refractivity contribution in [1.29, 1.82) is 0 Å². The number of piperidine rings is 1. The van der Waals surface area contributed by atoms with Crippen LogP contribution in [0.3, 0.4) is 0 Å². The molecule has 0 spiro atoms. The smallest absolute Gasteiger partial charge is 0.273 e. The number of nitrogens with zero attached hydrogens (tertiary/aromatic N) is 4. The maximum atomic E-state index is 12.1. The number of carbonyl (C=O) groups is 1. The lowest BCUT2D eigenvalue weighted by Crippen LogP contribution is -2.40. The fraction of sp³-hybridized carbons (Fsp3) is 0.500.